The van der Waals surface area contributed by atoms with Crippen LogP contribution in [-0.2, 0) is 0 Å². The van der Waals surface area contributed by atoms with Gasteiger partial charge in [0.05, 0.1) is 25.4 Å². The molecule has 0 saturated carbocycles. The predicted molar refractivity (Wildman–Crippen MR) is 60.8 cm³/mol. The molecule has 1 aromatic rings. The summed E-state index contributed by atoms with van der Waals surface area (Å²) in [5, 5.41) is 19.9. The van der Waals surface area contributed by atoms with E-state index in [-0.39, 0.29) is 0 Å². The van der Waals surface area contributed by atoms with Crippen LogP contribution in [0.3, 0.4) is 0 Å². The van der Waals surface area contributed by atoms with E-state index in [0.29, 0.717) is 17.1 Å². The third kappa shape index (κ3) is 2.46. The van der Waals surface area contributed by atoms with Gasteiger partial charge in [-0.1, -0.05) is 6.07 Å². The number of hydrogen-bond donors (Lipinski definition) is 2. The molecule has 0 radical (unpaired) electrons. The van der Waals surface area contributed by atoms with E-state index in [1.165, 1.54) is 28.1 Å². The minimum atomic E-state index is -1.26. The highest BCUT2D eigenvalue weighted by Crippen LogP contribution is 2.38. The van der Waals surface area contributed by atoms with Gasteiger partial charge in [0, 0.05) is 0 Å². The van der Waals surface area contributed by atoms with Crippen molar-refractivity contribution < 1.29 is 19.7 Å². The molecule has 2 N–H and O–H groups in total. The molecular weight excluding hydrogens is 208 g/mol. The van der Waals surface area contributed by atoms with Gasteiger partial charge in [-0.2, -0.15) is 0 Å². The van der Waals surface area contributed by atoms with Crippen LogP contribution in [0.4, 0.5) is 0 Å². The van der Waals surface area contributed by atoms with Crippen LogP contribution >= 0.6 is 0 Å². The second-order valence-electron chi connectivity index (χ2n) is 4.13. The maximum Gasteiger partial charge on any atom is 0.128 e. The highest BCUT2D eigenvalue weighted by Gasteiger charge is 2.31. The van der Waals surface area contributed by atoms with Crippen LogP contribution < -0.4 is 9.47 Å². The number of rotatable bonds is 4. The molecule has 0 aliphatic heterocycles. The molecular formula is C12H18O4. The molecule has 0 heterocycles. The van der Waals surface area contributed by atoms with Crippen LogP contribution in [0.15, 0.2) is 18.2 Å². The summed E-state index contributed by atoms with van der Waals surface area (Å²) in [6.45, 7) is 3.06. The van der Waals surface area contributed by atoms with Crippen molar-refractivity contribution in [3.63, 3.8) is 0 Å². The van der Waals surface area contributed by atoms with Crippen LogP contribution in [0.1, 0.15) is 25.5 Å². The second-order valence-corrected chi connectivity index (χ2v) is 4.13. The zero-order valence-electron chi connectivity index (χ0n) is 10.0. The highest BCUT2D eigenvalue weighted by atomic mass is 16.5. The third-order valence-corrected chi connectivity index (χ3v) is 2.41. The molecule has 0 bridgehead atoms. The summed E-state index contributed by atoms with van der Waals surface area (Å²) in [5.74, 6) is 0.989. The van der Waals surface area contributed by atoms with Gasteiger partial charge < -0.3 is 19.7 Å². The average Bonchev–Trinajstić information content (AvgIpc) is 2.25. The van der Waals surface area contributed by atoms with Crippen LogP contribution in [0.2, 0.25) is 0 Å². The standard InChI is InChI=1S/C12H18O4/c1-12(2,14)11(13)10-8(15-3)6-5-7-9(10)16-4/h5-7,11,13-14H,1-4H3. The summed E-state index contributed by atoms with van der Waals surface area (Å²) in [5.41, 5.74) is -0.804. The summed E-state index contributed by atoms with van der Waals surface area (Å²) in [7, 11) is 3.02. The molecule has 1 atom stereocenters. The molecule has 90 valence electrons. The fourth-order valence-electron chi connectivity index (χ4n) is 1.50. The van der Waals surface area contributed by atoms with Gasteiger partial charge >= 0.3 is 0 Å². The van der Waals surface area contributed by atoms with E-state index < -0.39 is 11.7 Å². The molecule has 1 unspecified atom stereocenters. The molecule has 0 spiro atoms. The van der Waals surface area contributed by atoms with Gasteiger partial charge in [-0.05, 0) is 26.0 Å². The van der Waals surface area contributed by atoms with E-state index in [1.54, 1.807) is 18.2 Å². The van der Waals surface area contributed by atoms with E-state index in [9.17, 15) is 10.2 Å². The van der Waals surface area contributed by atoms with Gasteiger partial charge in [0.25, 0.3) is 0 Å². The van der Waals surface area contributed by atoms with Crippen LogP contribution in [-0.4, -0.2) is 30.0 Å². The molecule has 0 aromatic heterocycles. The Hall–Kier alpha value is -1.26. The van der Waals surface area contributed by atoms with Crippen molar-refractivity contribution in [1.82, 2.24) is 0 Å². The van der Waals surface area contributed by atoms with E-state index in [2.05, 4.69) is 0 Å². The van der Waals surface area contributed by atoms with Gasteiger partial charge in [-0.25, -0.2) is 0 Å². The molecule has 0 fully saturated rings. The molecule has 0 saturated heterocycles. The van der Waals surface area contributed by atoms with Gasteiger partial charge in [0.1, 0.15) is 17.6 Å². The van der Waals surface area contributed by atoms with Crippen LogP contribution in [0, 0.1) is 0 Å². The first-order valence-corrected chi connectivity index (χ1v) is 5.03. The Morgan fingerprint density at radius 3 is 1.88 bits per heavy atom. The van der Waals surface area contributed by atoms with E-state index in [0.717, 1.165) is 0 Å². The summed E-state index contributed by atoms with van der Waals surface area (Å²) in [6.07, 6.45) is -1.07. The molecule has 0 amide bonds. The topological polar surface area (TPSA) is 58.9 Å². The zero-order chi connectivity index (χ0) is 12.3. The van der Waals surface area contributed by atoms with Crippen LogP contribution in [0.5, 0.6) is 11.5 Å². The minimum absolute atomic E-state index is 0.458. The third-order valence-electron chi connectivity index (χ3n) is 2.41. The zero-order valence-corrected chi connectivity index (χ0v) is 10.0. The summed E-state index contributed by atoms with van der Waals surface area (Å²) in [6, 6.07) is 5.19. The van der Waals surface area contributed by atoms with Gasteiger partial charge in [-0.3, -0.25) is 0 Å². The quantitative estimate of drug-likeness (QED) is 0.817. The first kappa shape index (κ1) is 12.8. The highest BCUT2D eigenvalue weighted by molar-refractivity contribution is 5.47. The number of ether oxygens (including phenoxy) is 2. The lowest BCUT2D eigenvalue weighted by atomic mass is 9.93. The van der Waals surface area contributed by atoms with Gasteiger partial charge in [0.2, 0.25) is 0 Å². The Morgan fingerprint density at radius 1 is 1.12 bits per heavy atom. The Morgan fingerprint density at radius 2 is 1.56 bits per heavy atom. The summed E-state index contributed by atoms with van der Waals surface area (Å²) < 4.78 is 10.3. The Balaban J connectivity index is 3.28. The Bertz CT molecular complexity index is 332. The lowest BCUT2D eigenvalue weighted by Crippen LogP contribution is -2.29. The van der Waals surface area contributed by atoms with Crippen molar-refractivity contribution in [1.29, 1.82) is 0 Å². The Kier molecular flexibility index (Phi) is 3.78. The minimum Gasteiger partial charge on any atom is -0.496 e. The van der Waals surface area contributed by atoms with Crippen molar-refractivity contribution in [2.24, 2.45) is 0 Å². The van der Waals surface area contributed by atoms with E-state index in [1.807, 2.05) is 0 Å². The maximum atomic E-state index is 10.1. The smallest absolute Gasteiger partial charge is 0.128 e. The predicted octanol–water partition coefficient (Wildman–Crippen LogP) is 1.51. The van der Waals surface area contributed by atoms with Crippen molar-refractivity contribution in [3.8, 4) is 11.5 Å². The first-order chi connectivity index (χ1) is 7.41. The van der Waals surface area contributed by atoms with E-state index in [4.69, 9.17) is 9.47 Å². The average molecular weight is 226 g/mol. The number of aliphatic hydroxyl groups excluding tert-OH is 1. The van der Waals surface area contributed by atoms with Crippen molar-refractivity contribution in [3.05, 3.63) is 23.8 Å². The maximum absolute atomic E-state index is 10.1. The number of aliphatic hydroxyl groups is 2. The van der Waals surface area contributed by atoms with Crippen molar-refractivity contribution in [2.45, 2.75) is 25.6 Å². The number of benzene rings is 1. The van der Waals surface area contributed by atoms with Crippen LogP contribution in [0.25, 0.3) is 0 Å². The molecule has 1 rings (SSSR count). The lowest BCUT2D eigenvalue weighted by molar-refractivity contribution is -0.0515. The summed E-state index contributed by atoms with van der Waals surface area (Å²) >= 11 is 0. The van der Waals surface area contributed by atoms with Crippen molar-refractivity contribution in [2.75, 3.05) is 14.2 Å². The lowest BCUT2D eigenvalue weighted by Gasteiger charge is -2.27. The molecule has 4 nitrogen and oxygen atoms in total. The largest absolute Gasteiger partial charge is 0.496 e. The molecule has 16 heavy (non-hydrogen) atoms. The number of methoxy groups -OCH3 is 2. The Labute approximate surface area is 95.4 Å². The van der Waals surface area contributed by atoms with E-state index >= 15 is 0 Å². The normalized spacial score (nSPS) is 13.4. The summed E-state index contributed by atoms with van der Waals surface area (Å²) in [4.78, 5) is 0. The van der Waals surface area contributed by atoms with Gasteiger partial charge in [0.15, 0.2) is 0 Å². The molecule has 0 aliphatic carbocycles. The fraction of sp³-hybridized carbons (Fsp3) is 0.500. The first-order valence-electron chi connectivity index (χ1n) is 5.03. The molecule has 4 heteroatoms. The number of hydrogen-bond acceptors (Lipinski definition) is 4. The monoisotopic (exact) mass is 226 g/mol. The fourth-order valence-corrected chi connectivity index (χ4v) is 1.50. The second kappa shape index (κ2) is 4.72. The van der Waals surface area contributed by atoms with Crippen molar-refractivity contribution >= 4 is 0 Å². The molecule has 0 aliphatic rings. The molecule has 1 aromatic carbocycles. The van der Waals surface area contributed by atoms with Gasteiger partial charge in [-0.15, -0.1) is 0 Å². The SMILES string of the molecule is COc1cccc(OC)c1C(O)C(C)(C)O.